The van der Waals surface area contributed by atoms with Gasteiger partial charge >= 0.3 is 5.97 Å². The molecule has 1 N–H and O–H groups in total. The standard InChI is InChI=1S/C28H31NO5/c1-17-24(27(31)33-5)25(26-21(29-17)14-28(2,3)15-22(26)30)20-12-11-19(13-23(20)32-4)34-16-18-9-7-6-8-10-18/h6-13,25,29H,14-16H2,1-5H3. The van der Waals surface area contributed by atoms with Gasteiger partial charge in [0.05, 0.1) is 25.7 Å². The maximum Gasteiger partial charge on any atom is 0.336 e. The van der Waals surface area contributed by atoms with Crippen molar-refractivity contribution in [2.75, 3.05) is 14.2 Å². The molecule has 4 rings (SSSR count). The van der Waals surface area contributed by atoms with Crippen molar-refractivity contribution in [3.63, 3.8) is 0 Å². The van der Waals surface area contributed by atoms with E-state index < -0.39 is 11.9 Å². The highest BCUT2D eigenvalue weighted by Crippen LogP contribution is 2.49. The van der Waals surface area contributed by atoms with E-state index in [2.05, 4.69) is 19.2 Å². The molecule has 6 heteroatoms. The van der Waals surface area contributed by atoms with Gasteiger partial charge in [-0.2, -0.15) is 0 Å². The minimum atomic E-state index is -0.578. The lowest BCUT2D eigenvalue weighted by Crippen LogP contribution is -2.38. The van der Waals surface area contributed by atoms with E-state index in [0.717, 1.165) is 23.2 Å². The van der Waals surface area contributed by atoms with Crippen LogP contribution in [-0.2, 0) is 20.9 Å². The van der Waals surface area contributed by atoms with E-state index >= 15 is 0 Å². The van der Waals surface area contributed by atoms with E-state index in [1.54, 1.807) is 7.11 Å². The van der Waals surface area contributed by atoms with Gasteiger partial charge < -0.3 is 19.5 Å². The lowest BCUT2D eigenvalue weighted by Gasteiger charge is -2.39. The van der Waals surface area contributed by atoms with Crippen LogP contribution in [0.2, 0.25) is 0 Å². The van der Waals surface area contributed by atoms with Crippen molar-refractivity contribution in [1.29, 1.82) is 0 Å². The Morgan fingerprint density at radius 1 is 1.09 bits per heavy atom. The molecule has 0 aromatic heterocycles. The molecule has 1 atom stereocenters. The summed E-state index contributed by atoms with van der Waals surface area (Å²) in [5, 5.41) is 3.33. The fourth-order valence-corrected chi connectivity index (χ4v) is 4.89. The monoisotopic (exact) mass is 461 g/mol. The molecule has 1 unspecified atom stereocenters. The molecule has 0 saturated carbocycles. The molecular weight excluding hydrogens is 430 g/mol. The Morgan fingerprint density at radius 3 is 2.50 bits per heavy atom. The summed E-state index contributed by atoms with van der Waals surface area (Å²) >= 11 is 0. The summed E-state index contributed by atoms with van der Waals surface area (Å²) < 4.78 is 16.8. The Balaban J connectivity index is 1.76. The van der Waals surface area contributed by atoms with Crippen LogP contribution >= 0.6 is 0 Å². The predicted molar refractivity (Wildman–Crippen MR) is 129 cm³/mol. The molecular formula is C28H31NO5. The first kappa shape index (κ1) is 23.6. The third-order valence-corrected chi connectivity index (χ3v) is 6.41. The number of benzene rings is 2. The first-order valence-electron chi connectivity index (χ1n) is 11.4. The van der Waals surface area contributed by atoms with Gasteiger partial charge in [0, 0.05) is 35.0 Å². The van der Waals surface area contributed by atoms with E-state index in [9.17, 15) is 9.59 Å². The fourth-order valence-electron chi connectivity index (χ4n) is 4.89. The zero-order chi connectivity index (χ0) is 24.5. The number of allylic oxidation sites excluding steroid dienone is 3. The van der Waals surface area contributed by atoms with Gasteiger partial charge in [0.15, 0.2) is 5.78 Å². The van der Waals surface area contributed by atoms with E-state index in [-0.39, 0.29) is 11.2 Å². The topological polar surface area (TPSA) is 73.9 Å². The van der Waals surface area contributed by atoms with Crippen LogP contribution in [0.15, 0.2) is 71.1 Å². The quantitative estimate of drug-likeness (QED) is 0.607. The van der Waals surface area contributed by atoms with Crippen molar-refractivity contribution >= 4 is 11.8 Å². The normalized spacial score (nSPS) is 19.3. The van der Waals surface area contributed by atoms with Crippen LogP contribution in [0.4, 0.5) is 0 Å². The maximum absolute atomic E-state index is 13.4. The highest BCUT2D eigenvalue weighted by Gasteiger charge is 2.43. The molecule has 2 aromatic rings. The number of carbonyl (C=O) groups excluding carboxylic acids is 2. The van der Waals surface area contributed by atoms with Gasteiger partial charge in [-0.3, -0.25) is 4.79 Å². The molecule has 2 aliphatic rings. The zero-order valence-corrected chi connectivity index (χ0v) is 20.4. The summed E-state index contributed by atoms with van der Waals surface area (Å²) in [6.45, 7) is 6.43. The zero-order valence-electron chi connectivity index (χ0n) is 20.4. The summed E-state index contributed by atoms with van der Waals surface area (Å²) in [6.07, 6.45) is 1.13. The minimum absolute atomic E-state index is 0.0316. The first-order chi connectivity index (χ1) is 16.2. The number of esters is 1. The van der Waals surface area contributed by atoms with Gasteiger partial charge in [0.2, 0.25) is 0 Å². The lowest BCUT2D eigenvalue weighted by molar-refractivity contribution is -0.136. The number of dihydropyridines is 1. The Morgan fingerprint density at radius 2 is 1.82 bits per heavy atom. The predicted octanol–water partition coefficient (Wildman–Crippen LogP) is 5.05. The summed E-state index contributed by atoms with van der Waals surface area (Å²) in [5.41, 5.74) is 4.22. The molecule has 0 saturated heterocycles. The van der Waals surface area contributed by atoms with Crippen LogP contribution in [0.1, 0.15) is 50.7 Å². The van der Waals surface area contributed by atoms with Crippen LogP contribution in [0.5, 0.6) is 11.5 Å². The summed E-state index contributed by atoms with van der Waals surface area (Å²) in [6, 6.07) is 15.4. The third kappa shape index (κ3) is 4.58. The Labute approximate surface area is 200 Å². The number of methoxy groups -OCH3 is 2. The molecule has 1 aliphatic heterocycles. The van der Waals surface area contributed by atoms with Gasteiger partial charge in [-0.1, -0.05) is 50.2 Å². The number of ether oxygens (including phenoxy) is 3. The third-order valence-electron chi connectivity index (χ3n) is 6.41. The molecule has 0 amide bonds. The Kier molecular flexibility index (Phi) is 6.51. The average Bonchev–Trinajstić information content (AvgIpc) is 2.81. The number of carbonyl (C=O) groups is 2. The number of nitrogens with one attached hydrogen (secondary N) is 1. The van der Waals surface area contributed by atoms with Gasteiger partial charge in [0.25, 0.3) is 0 Å². The summed E-state index contributed by atoms with van der Waals surface area (Å²) in [5.74, 6) is 0.181. The molecule has 6 nitrogen and oxygen atoms in total. The fraction of sp³-hybridized carbons (Fsp3) is 0.357. The number of Topliss-reactive ketones (excluding diaryl/α,β-unsaturated/α-hetero) is 1. The first-order valence-corrected chi connectivity index (χ1v) is 11.4. The number of ketones is 1. The number of hydrogen-bond acceptors (Lipinski definition) is 6. The van der Waals surface area contributed by atoms with Crippen LogP contribution in [-0.4, -0.2) is 26.0 Å². The van der Waals surface area contributed by atoms with E-state index in [1.807, 2.05) is 55.5 Å². The van der Waals surface area contributed by atoms with E-state index in [4.69, 9.17) is 14.2 Å². The molecule has 0 bridgehead atoms. The molecule has 1 heterocycles. The van der Waals surface area contributed by atoms with Crippen molar-refractivity contribution in [3.05, 3.63) is 82.2 Å². The molecule has 1 aliphatic carbocycles. The van der Waals surface area contributed by atoms with Gasteiger partial charge in [-0.25, -0.2) is 4.79 Å². The lowest BCUT2D eigenvalue weighted by atomic mass is 9.68. The molecule has 0 spiro atoms. The largest absolute Gasteiger partial charge is 0.496 e. The van der Waals surface area contributed by atoms with E-state index in [1.165, 1.54) is 7.11 Å². The molecule has 2 aromatic carbocycles. The van der Waals surface area contributed by atoms with Gasteiger partial charge in [0.1, 0.15) is 18.1 Å². The number of hydrogen-bond donors (Lipinski definition) is 1. The second-order valence-corrected chi connectivity index (χ2v) is 9.60. The highest BCUT2D eigenvalue weighted by atomic mass is 16.5. The average molecular weight is 462 g/mol. The van der Waals surface area contributed by atoms with Crippen molar-refractivity contribution in [1.82, 2.24) is 5.32 Å². The second-order valence-electron chi connectivity index (χ2n) is 9.60. The summed E-state index contributed by atoms with van der Waals surface area (Å²) in [7, 11) is 2.93. The van der Waals surface area contributed by atoms with Gasteiger partial charge in [-0.15, -0.1) is 0 Å². The number of rotatable bonds is 6. The molecule has 0 fully saturated rings. The van der Waals surface area contributed by atoms with Crippen molar-refractivity contribution in [2.24, 2.45) is 5.41 Å². The minimum Gasteiger partial charge on any atom is -0.496 e. The van der Waals surface area contributed by atoms with Gasteiger partial charge in [-0.05, 0) is 30.4 Å². The molecule has 178 valence electrons. The second kappa shape index (κ2) is 9.37. The van der Waals surface area contributed by atoms with Crippen LogP contribution in [0.25, 0.3) is 0 Å². The molecule has 34 heavy (non-hydrogen) atoms. The van der Waals surface area contributed by atoms with Crippen LogP contribution in [0, 0.1) is 5.41 Å². The Hall–Kier alpha value is -3.54. The summed E-state index contributed by atoms with van der Waals surface area (Å²) in [4.78, 5) is 26.3. The van der Waals surface area contributed by atoms with Crippen molar-refractivity contribution in [2.45, 2.75) is 46.1 Å². The van der Waals surface area contributed by atoms with E-state index in [0.29, 0.717) is 41.4 Å². The van der Waals surface area contributed by atoms with Crippen LogP contribution in [0.3, 0.4) is 0 Å². The van der Waals surface area contributed by atoms with Crippen LogP contribution < -0.4 is 14.8 Å². The molecule has 0 radical (unpaired) electrons. The highest BCUT2D eigenvalue weighted by molar-refractivity contribution is 6.04. The smallest absolute Gasteiger partial charge is 0.336 e. The maximum atomic E-state index is 13.4. The van der Waals surface area contributed by atoms with Crippen molar-refractivity contribution in [3.8, 4) is 11.5 Å². The van der Waals surface area contributed by atoms with Crippen molar-refractivity contribution < 1.29 is 23.8 Å². The Bertz CT molecular complexity index is 1180. The SMILES string of the molecule is COC(=O)C1=C(C)NC2=C(C(=O)CC(C)(C)C2)C1c1ccc(OCc2ccccc2)cc1OC.